The van der Waals surface area contributed by atoms with E-state index in [9.17, 15) is 0 Å². The Morgan fingerprint density at radius 1 is 0.196 bits per heavy atom. The first kappa shape index (κ1) is 82.6. The van der Waals surface area contributed by atoms with Crippen molar-refractivity contribution in [1.29, 1.82) is 0 Å². The van der Waals surface area contributed by atoms with Crippen LogP contribution in [0.1, 0.15) is 25.0 Å². The molecule has 0 N–H and O–H groups in total. The first-order valence-corrected chi connectivity index (χ1v) is 51.6. The molecule has 0 saturated carbocycles. The van der Waals surface area contributed by atoms with Crippen molar-refractivity contribution in [3.8, 4) is 102 Å². The second-order valence-electron chi connectivity index (χ2n) is 37.3. The topological polar surface area (TPSA) is 97.1 Å². The van der Waals surface area contributed by atoms with Gasteiger partial charge >= 0.3 is 0 Å². The molecule has 143 heavy (non-hydrogen) atoms. The highest BCUT2D eigenvalue weighted by Gasteiger charge is 2.39. The maximum Gasteiger partial charge on any atom is 0.163 e. The van der Waals surface area contributed by atoms with Crippen molar-refractivity contribution in [3.63, 3.8) is 0 Å². The Labute approximate surface area is 836 Å². The number of aromatic nitrogens is 10. The fourth-order valence-electron chi connectivity index (χ4n) is 22.8. The highest BCUT2D eigenvalue weighted by Crippen LogP contribution is 2.56. The number of nitrogens with zero attached hydrogens (tertiary/aromatic N) is 10. The second kappa shape index (κ2) is 32.8. The predicted molar refractivity (Wildman–Crippen MR) is 605 cm³/mol. The van der Waals surface area contributed by atoms with E-state index in [1.807, 2.05) is 11.3 Å². The summed E-state index contributed by atoms with van der Waals surface area (Å²) in [6.07, 6.45) is 0. The SMILES string of the molecule is CC1(C)c2ccccc2-c2c1ccc1c3ccccc3n(-c3ccccc3-c3nc(-c4ccccc4)c4c(n3)sc3ccccc34)c21.c1ccc(-c2nc(-c3ccccc3-n3c4ccccc4c4ccc5c(c6ccccc6n5-c5ccccc5)c43)nc3sc4ccccc4c23)cc1.c1ccc(-c2nc(-c3ccccc3-n3c4ccccc4c4ccc5sc6ccccc6c5c43)nc3sc4ccccc4c23)cc1. The Morgan fingerprint density at radius 3 is 0.951 bits per heavy atom. The van der Waals surface area contributed by atoms with E-state index in [1.54, 1.807) is 34.0 Å². The van der Waals surface area contributed by atoms with Gasteiger partial charge in [0, 0.05) is 160 Å². The molecule has 0 fully saturated rings. The van der Waals surface area contributed by atoms with E-state index in [4.69, 9.17) is 29.9 Å². The molecule has 30 aromatic rings. The lowest BCUT2D eigenvalue weighted by atomic mass is 9.82. The molecule has 0 atom stereocenters. The lowest BCUT2D eigenvalue weighted by Crippen LogP contribution is -2.14. The summed E-state index contributed by atoms with van der Waals surface area (Å²) in [7, 11) is 0. The molecule has 31 rings (SSSR count). The minimum absolute atomic E-state index is 0.0964. The Balaban J connectivity index is 0.000000102. The molecule has 0 bridgehead atoms. The van der Waals surface area contributed by atoms with E-state index in [2.05, 4.69) is 481 Å². The van der Waals surface area contributed by atoms with Crippen molar-refractivity contribution < 1.29 is 0 Å². The maximum absolute atomic E-state index is 5.43. The molecule has 0 radical (unpaired) electrons. The largest absolute Gasteiger partial charge is 0.309 e. The molecule has 0 saturated heterocycles. The molecular weight excluding hydrogens is 1820 g/mol. The zero-order valence-electron chi connectivity index (χ0n) is 77.3. The normalized spacial score (nSPS) is 12.5. The third-order valence-corrected chi connectivity index (χ3v) is 33.4. The Hall–Kier alpha value is -17.5. The summed E-state index contributed by atoms with van der Waals surface area (Å²) >= 11 is 7.06. The van der Waals surface area contributed by atoms with Crippen molar-refractivity contribution in [1.82, 2.24) is 48.2 Å². The molecule has 670 valence electrons. The van der Waals surface area contributed by atoms with E-state index in [0.717, 1.165) is 121 Å². The molecule has 0 unspecified atom stereocenters. The minimum Gasteiger partial charge on any atom is -0.309 e. The zero-order valence-corrected chi connectivity index (χ0v) is 80.6. The number of benzene rings is 19. The first-order chi connectivity index (χ1) is 70.8. The zero-order chi connectivity index (χ0) is 94.2. The van der Waals surface area contributed by atoms with Gasteiger partial charge < -0.3 is 18.3 Å². The average Bonchev–Trinajstić information content (AvgIpc) is 1.53. The van der Waals surface area contributed by atoms with Gasteiger partial charge in [-0.05, 0) is 126 Å². The average molecular weight is 1900 g/mol. The molecule has 19 aromatic carbocycles. The fourth-order valence-corrected chi connectivity index (χ4v) is 27.2. The fraction of sp³-hybridized carbons (Fsp3) is 0.0233. The standard InChI is InChI=1S/C46H28N4S.C43H29N3S.C40H23N3S2/c1-3-15-29(16-4-1)43-42-35-22-10-14-26-40(35)51-46(42)48-45(47-43)34-21-9-13-25-38(34)50-36-23-11-7-19-31(36)32-27-28-39-41(44(32)50)33-20-8-12-24-37(33)49(39)30-17-5-2-6-18-30;1-43(2)32-20-10-6-17-29(32)37-33(43)25-24-28-27-16-7-11-21-34(27)46(40(28)37)35-22-12-8-18-30(35)41-44-39(26-14-4-3-5-15-26)38-31-19-9-13-23-36(31)47-42(38)45-41;1-2-12-24(13-3-1)37-36-29-17-7-11-21-33(29)45-40(36)42-39(41-37)27-15-5-9-19-31(27)43-30-18-8-4-14-25(30)26-22-23-34-35(38(26)43)28-16-6-10-20-32(28)44-34/h1-28H;3-25H,1-2H3;1-23H. The van der Waals surface area contributed by atoms with Crippen LogP contribution in [0.3, 0.4) is 0 Å². The second-order valence-corrected chi connectivity index (χ2v) is 41.4. The van der Waals surface area contributed by atoms with Crippen LogP contribution in [0.25, 0.3) is 270 Å². The van der Waals surface area contributed by atoms with Crippen molar-refractivity contribution in [2.45, 2.75) is 19.3 Å². The van der Waals surface area contributed by atoms with Crippen molar-refractivity contribution in [2.24, 2.45) is 0 Å². The van der Waals surface area contributed by atoms with Gasteiger partial charge in [-0.3, -0.25) is 0 Å². The molecule has 0 amide bonds. The quantitative estimate of drug-likeness (QED) is 0.135. The van der Waals surface area contributed by atoms with Gasteiger partial charge in [0.2, 0.25) is 0 Å². The number of hydrogen-bond acceptors (Lipinski definition) is 10. The summed E-state index contributed by atoms with van der Waals surface area (Å²) in [6, 6.07) is 160. The molecule has 0 aliphatic heterocycles. The van der Waals surface area contributed by atoms with Crippen molar-refractivity contribution >= 4 is 214 Å². The smallest absolute Gasteiger partial charge is 0.163 e. The minimum atomic E-state index is -0.0964. The summed E-state index contributed by atoms with van der Waals surface area (Å²) < 4.78 is 16.0. The van der Waals surface area contributed by atoms with E-state index < -0.39 is 0 Å². The molecule has 0 spiro atoms. The monoisotopic (exact) mass is 1900 g/mol. The van der Waals surface area contributed by atoms with Gasteiger partial charge in [0.15, 0.2) is 17.5 Å². The summed E-state index contributed by atoms with van der Waals surface area (Å²) in [5, 5.41) is 19.4. The Morgan fingerprint density at radius 2 is 0.510 bits per heavy atom. The Bertz CT molecular complexity index is 10500. The van der Waals surface area contributed by atoms with Crippen LogP contribution in [-0.4, -0.2) is 48.2 Å². The lowest BCUT2D eigenvalue weighted by molar-refractivity contribution is 0.661. The summed E-state index contributed by atoms with van der Waals surface area (Å²) in [6.45, 7) is 4.70. The van der Waals surface area contributed by atoms with Crippen molar-refractivity contribution in [2.75, 3.05) is 0 Å². The summed E-state index contributed by atoms with van der Waals surface area (Å²) in [4.78, 5) is 35.2. The van der Waals surface area contributed by atoms with E-state index >= 15 is 0 Å². The molecule has 1 aliphatic rings. The van der Waals surface area contributed by atoms with Crippen LogP contribution in [0.2, 0.25) is 0 Å². The molecule has 1 aliphatic carbocycles. The van der Waals surface area contributed by atoms with Crippen LogP contribution < -0.4 is 0 Å². The van der Waals surface area contributed by atoms with Gasteiger partial charge in [-0.25, -0.2) is 29.9 Å². The van der Waals surface area contributed by atoms with Gasteiger partial charge in [0.25, 0.3) is 0 Å². The van der Waals surface area contributed by atoms with Gasteiger partial charge in [0.1, 0.15) is 14.5 Å². The van der Waals surface area contributed by atoms with E-state index in [-0.39, 0.29) is 5.41 Å². The Kier molecular flexibility index (Phi) is 19.0. The van der Waals surface area contributed by atoms with Gasteiger partial charge in [-0.15, -0.1) is 45.3 Å². The van der Waals surface area contributed by atoms with Gasteiger partial charge in [0.05, 0.1) is 78.3 Å². The summed E-state index contributed by atoms with van der Waals surface area (Å²) in [5.41, 5.74) is 28.3. The molecule has 11 heterocycles. The van der Waals surface area contributed by atoms with Crippen LogP contribution in [-0.2, 0) is 5.41 Å². The molecule has 10 nitrogen and oxygen atoms in total. The van der Waals surface area contributed by atoms with Crippen molar-refractivity contribution in [3.05, 3.63) is 460 Å². The van der Waals surface area contributed by atoms with E-state index in [1.165, 1.54) is 154 Å². The van der Waals surface area contributed by atoms with E-state index in [0.29, 0.717) is 5.82 Å². The lowest BCUT2D eigenvalue weighted by Gasteiger charge is -2.21. The molecule has 11 aromatic heterocycles. The number of hydrogen-bond donors (Lipinski definition) is 0. The van der Waals surface area contributed by atoms with Crippen LogP contribution in [0.15, 0.2) is 449 Å². The third-order valence-electron chi connectivity index (χ3n) is 29.1. The highest BCUT2D eigenvalue weighted by atomic mass is 32.1. The van der Waals surface area contributed by atoms with Crippen LogP contribution in [0, 0.1) is 0 Å². The first-order valence-electron chi connectivity index (χ1n) is 48.3. The van der Waals surface area contributed by atoms with Crippen LogP contribution >= 0.6 is 45.3 Å². The number of rotatable bonds is 10. The third kappa shape index (κ3) is 12.8. The summed E-state index contributed by atoms with van der Waals surface area (Å²) in [5.74, 6) is 2.18. The highest BCUT2D eigenvalue weighted by molar-refractivity contribution is 7.27. The van der Waals surface area contributed by atoms with Crippen LogP contribution in [0.5, 0.6) is 0 Å². The van der Waals surface area contributed by atoms with Crippen LogP contribution in [0.4, 0.5) is 0 Å². The molecular formula is C129H80N10S4. The molecule has 14 heteroatoms. The van der Waals surface area contributed by atoms with Gasteiger partial charge in [-0.1, -0.05) is 354 Å². The van der Waals surface area contributed by atoms with Gasteiger partial charge in [-0.2, -0.15) is 0 Å². The number of thiophene rings is 4. The maximum atomic E-state index is 5.43. The number of fused-ring (bicyclic) bond motifs is 30. The number of para-hydroxylation sites is 8. The predicted octanol–water partition coefficient (Wildman–Crippen LogP) is 35.6.